The maximum absolute atomic E-state index is 13.2. The van der Waals surface area contributed by atoms with Gasteiger partial charge in [0, 0.05) is 26.2 Å². The average molecular weight is 550 g/mol. The maximum atomic E-state index is 13.2. The van der Waals surface area contributed by atoms with Gasteiger partial charge in [-0.05, 0) is 62.3 Å². The zero-order chi connectivity index (χ0) is 26.5. The highest BCUT2D eigenvalue weighted by molar-refractivity contribution is 7.89. The fourth-order valence-corrected chi connectivity index (χ4v) is 8.02. The number of anilines is 1. The van der Waals surface area contributed by atoms with E-state index in [2.05, 4.69) is 5.32 Å². The molecule has 2 aromatic carbocycles. The summed E-state index contributed by atoms with van der Waals surface area (Å²) in [5, 5.41) is 2.80. The van der Waals surface area contributed by atoms with Crippen molar-refractivity contribution in [3.05, 3.63) is 54.1 Å². The number of hydrogen-bond acceptors (Lipinski definition) is 6. The number of carbonyl (C=O) groups excluding carboxylic acids is 1. The van der Waals surface area contributed by atoms with E-state index in [0.29, 0.717) is 51.1 Å². The van der Waals surface area contributed by atoms with Gasteiger partial charge < -0.3 is 10.1 Å². The first-order valence-electron chi connectivity index (χ1n) is 12.7. The quantitative estimate of drug-likeness (QED) is 0.487. The van der Waals surface area contributed by atoms with Crippen LogP contribution in [0, 0.1) is 5.92 Å². The largest absolute Gasteiger partial charge is 0.495 e. The normalized spacial score (nSPS) is 19.5. The molecule has 0 spiro atoms. The molecule has 2 aliphatic heterocycles. The number of piperidine rings is 1. The predicted octanol–water partition coefficient (Wildman–Crippen LogP) is 3.09. The Morgan fingerprint density at radius 2 is 1.68 bits per heavy atom. The van der Waals surface area contributed by atoms with Gasteiger partial charge in [-0.1, -0.05) is 30.3 Å². The van der Waals surface area contributed by atoms with E-state index in [4.69, 9.17) is 4.74 Å². The van der Waals surface area contributed by atoms with Crippen molar-refractivity contribution in [2.75, 3.05) is 44.4 Å². The molecule has 2 saturated heterocycles. The molecule has 0 bridgehead atoms. The van der Waals surface area contributed by atoms with E-state index in [1.165, 1.54) is 33.9 Å². The van der Waals surface area contributed by atoms with Crippen molar-refractivity contribution >= 4 is 31.6 Å². The third-order valence-electron chi connectivity index (χ3n) is 6.99. The SMILES string of the molecule is COc1ccc(S(=O)(=O)N2CCCC2)cc1NC(=O)[C@H]1CCCN(S(=O)(=O)CCCc2ccccc2)C1. The summed E-state index contributed by atoms with van der Waals surface area (Å²) in [4.78, 5) is 13.3. The van der Waals surface area contributed by atoms with Crippen LogP contribution in [0.15, 0.2) is 53.4 Å². The lowest BCUT2D eigenvalue weighted by molar-refractivity contribution is -0.120. The fourth-order valence-electron chi connectivity index (χ4n) is 4.90. The van der Waals surface area contributed by atoms with Crippen LogP contribution in [0.25, 0.3) is 0 Å². The maximum Gasteiger partial charge on any atom is 0.243 e. The summed E-state index contributed by atoms with van der Waals surface area (Å²) in [6.45, 7) is 1.46. The van der Waals surface area contributed by atoms with Crippen LogP contribution in [0.4, 0.5) is 5.69 Å². The number of nitrogens with zero attached hydrogens (tertiary/aromatic N) is 2. The first kappa shape index (κ1) is 27.6. The molecule has 2 fully saturated rings. The molecule has 0 saturated carbocycles. The van der Waals surface area contributed by atoms with Gasteiger partial charge in [-0.25, -0.2) is 21.1 Å². The smallest absolute Gasteiger partial charge is 0.243 e. The van der Waals surface area contributed by atoms with Crippen LogP contribution >= 0.6 is 0 Å². The number of nitrogens with one attached hydrogen (secondary N) is 1. The number of rotatable bonds is 10. The summed E-state index contributed by atoms with van der Waals surface area (Å²) in [7, 11) is -5.71. The number of ether oxygens (including phenoxy) is 1. The number of benzene rings is 2. The standard InChI is InChI=1S/C26H35N3O6S2/c1-35-25-14-13-23(37(33,34)28-15-5-6-16-28)19-24(25)27-26(30)22-12-7-17-29(20-22)36(31,32)18-8-11-21-9-3-2-4-10-21/h2-4,9-10,13-14,19,22H,5-8,11-12,15-18,20H2,1H3,(H,27,30)/t22-/m0/s1. The molecule has 2 aromatic rings. The molecule has 0 aliphatic carbocycles. The van der Waals surface area contributed by atoms with Crippen molar-refractivity contribution in [2.45, 2.75) is 43.4 Å². The van der Waals surface area contributed by atoms with Crippen LogP contribution in [0.5, 0.6) is 5.75 Å². The Balaban J connectivity index is 1.41. The molecular formula is C26H35N3O6S2. The van der Waals surface area contributed by atoms with Crippen molar-refractivity contribution in [1.29, 1.82) is 0 Å². The second-order valence-electron chi connectivity index (χ2n) is 9.56. The van der Waals surface area contributed by atoms with Gasteiger partial charge in [0.15, 0.2) is 0 Å². The zero-order valence-corrected chi connectivity index (χ0v) is 22.8. The average Bonchev–Trinajstić information content (AvgIpc) is 3.45. The molecular weight excluding hydrogens is 514 g/mol. The molecule has 0 radical (unpaired) electrons. The van der Waals surface area contributed by atoms with E-state index in [0.717, 1.165) is 18.4 Å². The van der Waals surface area contributed by atoms with Crippen molar-refractivity contribution in [1.82, 2.24) is 8.61 Å². The van der Waals surface area contributed by atoms with E-state index >= 15 is 0 Å². The lowest BCUT2D eigenvalue weighted by Gasteiger charge is -2.31. The Morgan fingerprint density at radius 3 is 2.38 bits per heavy atom. The van der Waals surface area contributed by atoms with Gasteiger partial charge >= 0.3 is 0 Å². The van der Waals surface area contributed by atoms with Crippen LogP contribution < -0.4 is 10.1 Å². The zero-order valence-electron chi connectivity index (χ0n) is 21.1. The Kier molecular flexibility index (Phi) is 8.89. The minimum atomic E-state index is -3.67. The monoisotopic (exact) mass is 549 g/mol. The molecule has 0 aromatic heterocycles. The molecule has 2 aliphatic rings. The molecule has 11 heteroatoms. The number of aryl methyl sites for hydroxylation is 1. The Labute approximate surface area is 219 Å². The van der Waals surface area contributed by atoms with Crippen LogP contribution in [0.2, 0.25) is 0 Å². The highest BCUT2D eigenvalue weighted by Gasteiger charge is 2.33. The van der Waals surface area contributed by atoms with Gasteiger partial charge in [0.1, 0.15) is 5.75 Å². The summed E-state index contributed by atoms with van der Waals surface area (Å²) in [6, 6.07) is 14.2. The molecule has 2 heterocycles. The fraction of sp³-hybridized carbons (Fsp3) is 0.500. The molecule has 9 nitrogen and oxygen atoms in total. The highest BCUT2D eigenvalue weighted by atomic mass is 32.2. The first-order valence-corrected chi connectivity index (χ1v) is 15.8. The van der Waals surface area contributed by atoms with Crippen molar-refractivity contribution in [2.24, 2.45) is 5.92 Å². The van der Waals surface area contributed by atoms with Crippen LogP contribution in [0.1, 0.15) is 37.7 Å². The predicted molar refractivity (Wildman–Crippen MR) is 142 cm³/mol. The summed E-state index contributed by atoms with van der Waals surface area (Å²) in [6.07, 6.45) is 3.97. The van der Waals surface area contributed by atoms with Crippen molar-refractivity contribution in [3.63, 3.8) is 0 Å². The third kappa shape index (κ3) is 6.70. The summed E-state index contributed by atoms with van der Waals surface area (Å²) >= 11 is 0. The Bertz CT molecular complexity index is 1290. The molecule has 1 amide bonds. The van der Waals surface area contributed by atoms with E-state index in [1.54, 1.807) is 0 Å². The van der Waals surface area contributed by atoms with Gasteiger partial charge in [0.2, 0.25) is 26.0 Å². The summed E-state index contributed by atoms with van der Waals surface area (Å²) in [5.74, 6) is -0.519. The van der Waals surface area contributed by atoms with Gasteiger partial charge in [0.25, 0.3) is 0 Å². The van der Waals surface area contributed by atoms with E-state index in [1.807, 2.05) is 30.3 Å². The molecule has 1 atom stereocenters. The summed E-state index contributed by atoms with van der Waals surface area (Å²) in [5.41, 5.74) is 1.35. The lowest BCUT2D eigenvalue weighted by atomic mass is 9.98. The molecule has 37 heavy (non-hydrogen) atoms. The minimum Gasteiger partial charge on any atom is -0.495 e. The number of methoxy groups -OCH3 is 1. The number of amides is 1. The third-order valence-corrected chi connectivity index (χ3v) is 10.8. The number of carbonyl (C=O) groups is 1. The van der Waals surface area contributed by atoms with E-state index in [-0.39, 0.29) is 28.8 Å². The Morgan fingerprint density at radius 1 is 0.973 bits per heavy atom. The first-order chi connectivity index (χ1) is 17.7. The highest BCUT2D eigenvalue weighted by Crippen LogP contribution is 2.31. The van der Waals surface area contributed by atoms with Gasteiger partial charge in [-0.15, -0.1) is 0 Å². The van der Waals surface area contributed by atoms with Crippen LogP contribution in [-0.4, -0.2) is 70.4 Å². The van der Waals surface area contributed by atoms with Crippen LogP contribution in [-0.2, 0) is 31.3 Å². The van der Waals surface area contributed by atoms with Gasteiger partial charge in [0.05, 0.1) is 29.4 Å². The van der Waals surface area contributed by atoms with Gasteiger partial charge in [-0.3, -0.25) is 4.79 Å². The van der Waals surface area contributed by atoms with Gasteiger partial charge in [-0.2, -0.15) is 4.31 Å². The molecule has 4 rings (SSSR count). The van der Waals surface area contributed by atoms with E-state index in [9.17, 15) is 21.6 Å². The molecule has 1 N–H and O–H groups in total. The Hall–Kier alpha value is -2.47. The molecule has 0 unspecified atom stereocenters. The topological polar surface area (TPSA) is 113 Å². The van der Waals surface area contributed by atoms with Crippen LogP contribution in [0.3, 0.4) is 0 Å². The second-order valence-corrected chi connectivity index (χ2v) is 13.6. The lowest BCUT2D eigenvalue weighted by Crippen LogP contribution is -2.44. The number of hydrogen-bond donors (Lipinski definition) is 1. The minimum absolute atomic E-state index is 0.0282. The van der Waals surface area contributed by atoms with E-state index < -0.39 is 26.0 Å². The second kappa shape index (κ2) is 11.9. The summed E-state index contributed by atoms with van der Waals surface area (Å²) < 4.78 is 60.2. The molecule has 202 valence electrons. The van der Waals surface area contributed by atoms with Crippen molar-refractivity contribution < 1.29 is 26.4 Å². The van der Waals surface area contributed by atoms with Crippen molar-refractivity contribution in [3.8, 4) is 5.75 Å². The number of sulfonamides is 2.